The molecule has 0 saturated carbocycles. The molecule has 2 amide bonds. The van der Waals surface area contributed by atoms with Crippen molar-refractivity contribution in [1.29, 1.82) is 0 Å². The highest BCUT2D eigenvalue weighted by atomic mass is 32.2. The second-order valence-electron chi connectivity index (χ2n) is 5.83. The predicted molar refractivity (Wildman–Crippen MR) is 97.0 cm³/mol. The van der Waals surface area contributed by atoms with Crippen LogP contribution in [0, 0.1) is 0 Å². The Balaban J connectivity index is 1.52. The molecule has 1 aromatic rings. The second kappa shape index (κ2) is 8.35. The highest BCUT2D eigenvalue weighted by molar-refractivity contribution is 8.15. The van der Waals surface area contributed by atoms with Crippen molar-refractivity contribution in [2.45, 2.75) is 30.6 Å². The maximum Gasteiger partial charge on any atom is 0.240 e. The first-order valence-corrected chi connectivity index (χ1v) is 9.10. The van der Waals surface area contributed by atoms with Crippen molar-refractivity contribution < 1.29 is 19.1 Å². The standard InChI is InChI=1S/C17H21N3O4S/c1-23-13-7-3-2-6-12(13)19-15(21)9-14-16(22)20-17(25-14)18-10-11-5-4-8-24-11/h2-3,6-7,11,14H,4-5,8-10H2,1H3,(H,19,21)(H,18,20,22)/t11-,14+/m0/s1. The Kier molecular flexibility index (Phi) is 5.93. The normalized spacial score (nSPS) is 24.4. The number of ether oxygens (including phenoxy) is 2. The lowest BCUT2D eigenvalue weighted by molar-refractivity contribution is -0.122. The van der Waals surface area contributed by atoms with Gasteiger partial charge in [-0.05, 0) is 25.0 Å². The number of aliphatic imine (C=N–C) groups is 1. The van der Waals surface area contributed by atoms with Crippen LogP contribution in [0.5, 0.6) is 5.75 Å². The number of para-hydroxylation sites is 2. The van der Waals surface area contributed by atoms with Gasteiger partial charge in [-0.15, -0.1) is 0 Å². The molecule has 0 bridgehead atoms. The fourth-order valence-corrected chi connectivity index (χ4v) is 3.68. The van der Waals surface area contributed by atoms with Crippen molar-refractivity contribution >= 4 is 34.4 Å². The van der Waals surface area contributed by atoms with Crippen LogP contribution < -0.4 is 15.4 Å². The number of carbonyl (C=O) groups excluding carboxylic acids is 2. The van der Waals surface area contributed by atoms with Crippen LogP contribution >= 0.6 is 11.8 Å². The molecular weight excluding hydrogens is 342 g/mol. The van der Waals surface area contributed by atoms with Crippen molar-refractivity contribution in [1.82, 2.24) is 5.32 Å². The zero-order chi connectivity index (χ0) is 17.6. The summed E-state index contributed by atoms with van der Waals surface area (Å²) in [5, 5.41) is 5.61. The molecule has 0 spiro atoms. The molecule has 25 heavy (non-hydrogen) atoms. The van der Waals surface area contributed by atoms with Gasteiger partial charge in [0, 0.05) is 13.0 Å². The molecule has 0 unspecified atom stereocenters. The third-order valence-electron chi connectivity index (χ3n) is 3.99. The van der Waals surface area contributed by atoms with Gasteiger partial charge in [-0.25, -0.2) is 0 Å². The molecule has 1 aromatic carbocycles. The Labute approximate surface area is 150 Å². The highest BCUT2D eigenvalue weighted by Gasteiger charge is 2.32. The van der Waals surface area contributed by atoms with Gasteiger partial charge >= 0.3 is 0 Å². The second-order valence-corrected chi connectivity index (χ2v) is 7.02. The lowest BCUT2D eigenvalue weighted by atomic mass is 10.2. The zero-order valence-electron chi connectivity index (χ0n) is 14.0. The van der Waals surface area contributed by atoms with E-state index in [1.54, 1.807) is 19.2 Å². The lowest BCUT2D eigenvalue weighted by Gasteiger charge is -2.10. The maximum atomic E-state index is 12.2. The number of anilines is 1. The Morgan fingerprint density at radius 1 is 1.48 bits per heavy atom. The first-order valence-electron chi connectivity index (χ1n) is 8.22. The summed E-state index contributed by atoms with van der Waals surface area (Å²) in [5.41, 5.74) is 0.589. The molecule has 134 valence electrons. The number of amides is 2. The van der Waals surface area contributed by atoms with Crippen LogP contribution in [0.3, 0.4) is 0 Å². The summed E-state index contributed by atoms with van der Waals surface area (Å²) in [6, 6.07) is 7.16. The lowest BCUT2D eigenvalue weighted by Crippen LogP contribution is -2.28. The van der Waals surface area contributed by atoms with Crippen molar-refractivity contribution in [2.24, 2.45) is 4.99 Å². The molecule has 2 aliphatic rings. The molecule has 2 saturated heterocycles. The number of carbonyl (C=O) groups is 2. The first-order chi connectivity index (χ1) is 12.2. The molecule has 7 nitrogen and oxygen atoms in total. The Hall–Kier alpha value is -2.06. The molecule has 2 heterocycles. The molecule has 0 radical (unpaired) electrons. The van der Waals surface area contributed by atoms with Gasteiger partial charge in [-0.1, -0.05) is 23.9 Å². The number of thioether (sulfide) groups is 1. The van der Waals surface area contributed by atoms with Crippen molar-refractivity contribution in [3.8, 4) is 5.75 Å². The van der Waals surface area contributed by atoms with E-state index in [9.17, 15) is 9.59 Å². The van der Waals surface area contributed by atoms with E-state index in [2.05, 4.69) is 15.6 Å². The summed E-state index contributed by atoms with van der Waals surface area (Å²) in [6.07, 6.45) is 2.27. The van der Waals surface area contributed by atoms with Crippen LogP contribution in [-0.2, 0) is 14.3 Å². The fraction of sp³-hybridized carbons (Fsp3) is 0.471. The zero-order valence-corrected chi connectivity index (χ0v) is 14.8. The van der Waals surface area contributed by atoms with Gasteiger partial charge in [-0.3, -0.25) is 14.6 Å². The fourth-order valence-electron chi connectivity index (χ4n) is 2.71. The number of rotatable bonds is 6. The molecule has 2 N–H and O–H groups in total. The van der Waals surface area contributed by atoms with E-state index in [0.717, 1.165) is 19.4 Å². The molecule has 2 fully saturated rings. The van der Waals surface area contributed by atoms with E-state index in [0.29, 0.717) is 23.1 Å². The summed E-state index contributed by atoms with van der Waals surface area (Å²) in [7, 11) is 1.54. The number of methoxy groups -OCH3 is 1. The van der Waals surface area contributed by atoms with Gasteiger partial charge in [0.15, 0.2) is 5.17 Å². The number of benzene rings is 1. The molecule has 8 heteroatoms. The summed E-state index contributed by atoms with van der Waals surface area (Å²) in [6.45, 7) is 1.32. The third-order valence-corrected chi connectivity index (χ3v) is 5.11. The van der Waals surface area contributed by atoms with E-state index >= 15 is 0 Å². The highest BCUT2D eigenvalue weighted by Crippen LogP contribution is 2.26. The van der Waals surface area contributed by atoms with Crippen molar-refractivity contribution in [3.63, 3.8) is 0 Å². The van der Waals surface area contributed by atoms with Gasteiger partial charge in [0.05, 0.1) is 25.4 Å². The summed E-state index contributed by atoms with van der Waals surface area (Å²) < 4.78 is 10.7. The molecule has 3 rings (SSSR count). The number of nitrogens with one attached hydrogen (secondary N) is 2. The monoisotopic (exact) mass is 363 g/mol. The average molecular weight is 363 g/mol. The van der Waals surface area contributed by atoms with Crippen LogP contribution in [0.4, 0.5) is 5.69 Å². The minimum absolute atomic E-state index is 0.0769. The minimum Gasteiger partial charge on any atom is -0.495 e. The van der Waals surface area contributed by atoms with Crippen LogP contribution in [0.2, 0.25) is 0 Å². The van der Waals surface area contributed by atoms with Crippen LogP contribution in [0.1, 0.15) is 19.3 Å². The molecule has 0 aliphatic carbocycles. The van der Waals surface area contributed by atoms with E-state index < -0.39 is 5.25 Å². The summed E-state index contributed by atoms with van der Waals surface area (Å²) >= 11 is 1.29. The Morgan fingerprint density at radius 3 is 3.08 bits per heavy atom. The summed E-state index contributed by atoms with van der Waals surface area (Å²) in [4.78, 5) is 28.7. The van der Waals surface area contributed by atoms with Gasteiger partial charge in [0.25, 0.3) is 0 Å². The van der Waals surface area contributed by atoms with Crippen LogP contribution in [0.15, 0.2) is 29.3 Å². The molecule has 0 aromatic heterocycles. The van der Waals surface area contributed by atoms with E-state index in [-0.39, 0.29) is 24.3 Å². The van der Waals surface area contributed by atoms with E-state index in [1.807, 2.05) is 12.1 Å². The molecular formula is C17H21N3O4S. The largest absolute Gasteiger partial charge is 0.495 e. The minimum atomic E-state index is -0.474. The quantitative estimate of drug-likeness (QED) is 0.804. The van der Waals surface area contributed by atoms with E-state index in [1.165, 1.54) is 11.8 Å². The first kappa shape index (κ1) is 17.8. The summed E-state index contributed by atoms with van der Waals surface area (Å²) in [5.74, 6) is 0.155. The SMILES string of the molecule is COc1ccccc1NC(=O)C[C@H]1SC(=NC[C@@H]2CCCO2)NC1=O. The van der Waals surface area contributed by atoms with Gasteiger partial charge < -0.3 is 20.1 Å². The van der Waals surface area contributed by atoms with Gasteiger partial charge in [0.2, 0.25) is 11.8 Å². The van der Waals surface area contributed by atoms with E-state index in [4.69, 9.17) is 9.47 Å². The van der Waals surface area contributed by atoms with Crippen molar-refractivity contribution in [2.75, 3.05) is 25.6 Å². The number of hydrogen-bond acceptors (Lipinski definition) is 6. The number of amidine groups is 1. The Morgan fingerprint density at radius 2 is 2.32 bits per heavy atom. The number of nitrogens with zero attached hydrogens (tertiary/aromatic N) is 1. The predicted octanol–water partition coefficient (Wildman–Crippen LogP) is 1.79. The average Bonchev–Trinajstić information content (AvgIpc) is 3.23. The van der Waals surface area contributed by atoms with Gasteiger partial charge in [0.1, 0.15) is 11.0 Å². The number of hydrogen-bond donors (Lipinski definition) is 2. The maximum absolute atomic E-state index is 12.2. The molecule has 2 atom stereocenters. The Bertz CT molecular complexity index is 674. The van der Waals surface area contributed by atoms with Crippen LogP contribution in [0.25, 0.3) is 0 Å². The van der Waals surface area contributed by atoms with Crippen LogP contribution in [-0.4, -0.2) is 48.6 Å². The van der Waals surface area contributed by atoms with Gasteiger partial charge in [-0.2, -0.15) is 0 Å². The smallest absolute Gasteiger partial charge is 0.240 e. The molecule has 2 aliphatic heterocycles. The third kappa shape index (κ3) is 4.73. The van der Waals surface area contributed by atoms with Crippen molar-refractivity contribution in [3.05, 3.63) is 24.3 Å². The topological polar surface area (TPSA) is 89.0 Å².